The highest BCUT2D eigenvalue weighted by Gasteiger charge is 2.36. The number of aryl methyl sites for hydroxylation is 1. The summed E-state index contributed by atoms with van der Waals surface area (Å²) in [5, 5.41) is 23.2. The quantitative estimate of drug-likeness (QED) is 0.607. The number of anilines is 1. The fraction of sp³-hybridized carbons (Fsp3) is 0.391. The number of aromatic nitrogens is 5. The number of nitriles is 1. The van der Waals surface area contributed by atoms with E-state index in [1.54, 1.807) is 30.2 Å². The van der Waals surface area contributed by atoms with Gasteiger partial charge >= 0.3 is 6.03 Å². The molecule has 12 heteroatoms. The number of carbonyl (C=O) groups excluding carboxylic acids is 1. The maximum atomic E-state index is 13.9. The van der Waals surface area contributed by atoms with E-state index in [2.05, 4.69) is 30.7 Å². The van der Waals surface area contributed by atoms with Crippen LogP contribution in [0, 0.1) is 31.0 Å². The first-order valence-corrected chi connectivity index (χ1v) is 11.2. The predicted octanol–water partition coefficient (Wildman–Crippen LogP) is 1.97. The van der Waals surface area contributed by atoms with Crippen LogP contribution in [0.15, 0.2) is 30.7 Å². The SMILES string of the molecule is Cc1cc(-n2cnnn2)ncc1NC(=O)N1CCN2C[C@H](c3ccc(F)c(C#N)c3C)OC[C@@H]2C1. The molecule has 1 aromatic carbocycles. The van der Waals surface area contributed by atoms with Crippen molar-refractivity contribution in [2.75, 3.05) is 38.1 Å². The van der Waals surface area contributed by atoms with E-state index < -0.39 is 5.82 Å². The number of rotatable bonds is 3. The minimum absolute atomic E-state index is 0.0587. The smallest absolute Gasteiger partial charge is 0.321 e. The van der Waals surface area contributed by atoms with Crippen molar-refractivity contribution in [3.05, 3.63) is 58.8 Å². The Morgan fingerprint density at radius 1 is 1.29 bits per heavy atom. The Kier molecular flexibility index (Phi) is 6.10. The summed E-state index contributed by atoms with van der Waals surface area (Å²) in [7, 11) is 0. The summed E-state index contributed by atoms with van der Waals surface area (Å²) in [6, 6.07) is 6.63. The number of carbonyl (C=O) groups is 1. The van der Waals surface area contributed by atoms with Crippen LogP contribution in [0.5, 0.6) is 0 Å². The third kappa shape index (κ3) is 4.43. The number of benzene rings is 1. The first-order chi connectivity index (χ1) is 16.9. The number of piperazine rings is 1. The Hall–Kier alpha value is -3.95. The average Bonchev–Trinajstić information content (AvgIpc) is 3.40. The molecule has 11 nitrogen and oxygen atoms in total. The highest BCUT2D eigenvalue weighted by molar-refractivity contribution is 5.90. The molecule has 0 spiro atoms. The number of hydrogen-bond acceptors (Lipinski definition) is 8. The minimum atomic E-state index is -0.516. The van der Waals surface area contributed by atoms with E-state index >= 15 is 0 Å². The van der Waals surface area contributed by atoms with Crippen LogP contribution in [0.1, 0.15) is 28.4 Å². The summed E-state index contributed by atoms with van der Waals surface area (Å²) >= 11 is 0. The van der Waals surface area contributed by atoms with Crippen LogP contribution in [0.25, 0.3) is 5.82 Å². The molecule has 0 saturated carbocycles. The standard InChI is InChI=1S/C23H24FN9O2/c1-14-7-22(33-13-27-29-30-33)26-9-20(14)28-23(34)32-6-5-31-11-21(35-12-16(31)10-32)17-3-4-19(24)18(8-25)15(17)2/h3-4,7,9,13,16,21H,5-6,10-12H2,1-2H3,(H,28,34)/t16-,21+/m0/s1. The Labute approximate surface area is 201 Å². The molecular formula is C23H24FN9O2. The van der Waals surface area contributed by atoms with Gasteiger partial charge < -0.3 is 15.0 Å². The van der Waals surface area contributed by atoms with E-state index in [1.165, 1.54) is 17.1 Å². The second-order valence-electron chi connectivity index (χ2n) is 8.71. The zero-order valence-electron chi connectivity index (χ0n) is 19.3. The van der Waals surface area contributed by atoms with Crippen molar-refractivity contribution in [3.8, 4) is 11.9 Å². The van der Waals surface area contributed by atoms with Crippen molar-refractivity contribution < 1.29 is 13.9 Å². The number of ether oxygens (including phenoxy) is 1. The molecule has 2 aliphatic rings. The normalized spacial score (nSPS) is 20.2. The van der Waals surface area contributed by atoms with Gasteiger partial charge in [-0.1, -0.05) is 6.07 Å². The molecule has 2 aliphatic heterocycles. The molecule has 2 fully saturated rings. The van der Waals surface area contributed by atoms with E-state index in [4.69, 9.17) is 4.74 Å². The number of amides is 2. The maximum absolute atomic E-state index is 13.9. The molecule has 2 saturated heterocycles. The van der Waals surface area contributed by atoms with Crippen LogP contribution >= 0.6 is 0 Å². The largest absolute Gasteiger partial charge is 0.370 e. The first-order valence-electron chi connectivity index (χ1n) is 11.2. The van der Waals surface area contributed by atoms with Crippen molar-refractivity contribution in [1.29, 1.82) is 5.26 Å². The predicted molar refractivity (Wildman–Crippen MR) is 122 cm³/mol. The molecule has 2 amide bonds. The molecule has 2 atom stereocenters. The Balaban J connectivity index is 1.21. The van der Waals surface area contributed by atoms with Gasteiger partial charge in [0.05, 0.1) is 36.2 Å². The lowest BCUT2D eigenvalue weighted by atomic mass is 9.96. The first kappa shape index (κ1) is 22.8. The third-order valence-corrected chi connectivity index (χ3v) is 6.62. The summed E-state index contributed by atoms with van der Waals surface area (Å²) in [5.41, 5.74) is 2.96. The molecule has 1 N–H and O–H groups in total. The summed E-state index contributed by atoms with van der Waals surface area (Å²) in [6.07, 6.45) is 2.80. The highest BCUT2D eigenvalue weighted by Crippen LogP contribution is 2.31. The number of hydrogen-bond donors (Lipinski definition) is 1. The van der Waals surface area contributed by atoms with Crippen molar-refractivity contribution >= 4 is 11.7 Å². The monoisotopic (exact) mass is 477 g/mol. The second-order valence-corrected chi connectivity index (χ2v) is 8.71. The molecule has 3 aromatic rings. The number of fused-ring (bicyclic) bond motifs is 1. The lowest BCUT2D eigenvalue weighted by Gasteiger charge is -2.46. The third-order valence-electron chi connectivity index (χ3n) is 6.62. The van der Waals surface area contributed by atoms with Gasteiger partial charge in [0.25, 0.3) is 0 Å². The minimum Gasteiger partial charge on any atom is -0.370 e. The number of halogens is 1. The van der Waals surface area contributed by atoms with Gasteiger partial charge in [0.15, 0.2) is 5.82 Å². The van der Waals surface area contributed by atoms with Gasteiger partial charge in [0.2, 0.25) is 0 Å². The molecule has 2 aromatic heterocycles. The van der Waals surface area contributed by atoms with Crippen molar-refractivity contribution in [2.24, 2.45) is 0 Å². The number of urea groups is 1. The van der Waals surface area contributed by atoms with Crippen molar-refractivity contribution in [1.82, 2.24) is 35.0 Å². The average molecular weight is 478 g/mol. The van der Waals surface area contributed by atoms with Crippen LogP contribution in [-0.2, 0) is 4.74 Å². The molecular weight excluding hydrogens is 453 g/mol. The highest BCUT2D eigenvalue weighted by atomic mass is 19.1. The van der Waals surface area contributed by atoms with Crippen molar-refractivity contribution in [2.45, 2.75) is 26.0 Å². The Morgan fingerprint density at radius 2 is 2.14 bits per heavy atom. The molecule has 5 rings (SSSR count). The topological polar surface area (TPSA) is 125 Å². The Morgan fingerprint density at radius 3 is 2.89 bits per heavy atom. The van der Waals surface area contributed by atoms with E-state index in [0.29, 0.717) is 49.9 Å². The van der Waals surface area contributed by atoms with E-state index in [1.807, 2.05) is 13.0 Å². The van der Waals surface area contributed by atoms with Crippen LogP contribution < -0.4 is 5.32 Å². The van der Waals surface area contributed by atoms with Gasteiger partial charge in [-0.3, -0.25) is 4.90 Å². The number of nitrogens with one attached hydrogen (secondary N) is 1. The summed E-state index contributed by atoms with van der Waals surface area (Å²) in [4.78, 5) is 21.4. The lowest BCUT2D eigenvalue weighted by Crippen LogP contribution is -2.60. The number of morpholine rings is 1. The number of tetrazole rings is 1. The molecule has 0 radical (unpaired) electrons. The van der Waals surface area contributed by atoms with E-state index in [-0.39, 0.29) is 23.7 Å². The van der Waals surface area contributed by atoms with Crippen LogP contribution in [0.2, 0.25) is 0 Å². The lowest BCUT2D eigenvalue weighted by molar-refractivity contribution is -0.0844. The number of nitrogens with zero attached hydrogens (tertiary/aromatic N) is 8. The fourth-order valence-corrected chi connectivity index (χ4v) is 4.60. The maximum Gasteiger partial charge on any atom is 0.321 e. The second kappa shape index (κ2) is 9.36. The van der Waals surface area contributed by atoms with Crippen LogP contribution in [-0.4, -0.2) is 79.8 Å². The molecule has 0 bridgehead atoms. The van der Waals surface area contributed by atoms with Gasteiger partial charge in [0, 0.05) is 26.2 Å². The molecule has 180 valence electrons. The van der Waals surface area contributed by atoms with Crippen molar-refractivity contribution in [3.63, 3.8) is 0 Å². The van der Waals surface area contributed by atoms with Gasteiger partial charge in [-0.2, -0.15) is 9.94 Å². The van der Waals surface area contributed by atoms with Gasteiger partial charge in [-0.05, 0) is 53.1 Å². The van der Waals surface area contributed by atoms with Crippen LogP contribution in [0.3, 0.4) is 0 Å². The summed E-state index contributed by atoms with van der Waals surface area (Å²) < 4.78 is 21.5. The van der Waals surface area contributed by atoms with Gasteiger partial charge in [-0.15, -0.1) is 5.10 Å². The number of pyridine rings is 1. The zero-order valence-corrected chi connectivity index (χ0v) is 19.3. The summed E-state index contributed by atoms with van der Waals surface area (Å²) in [6.45, 7) is 6.48. The summed E-state index contributed by atoms with van der Waals surface area (Å²) in [5.74, 6) is 0.0452. The zero-order chi connectivity index (χ0) is 24.5. The van der Waals surface area contributed by atoms with E-state index in [0.717, 1.165) is 11.1 Å². The molecule has 0 aliphatic carbocycles. The van der Waals surface area contributed by atoms with Gasteiger partial charge in [-0.25, -0.2) is 14.2 Å². The fourth-order valence-electron chi connectivity index (χ4n) is 4.60. The molecule has 0 unspecified atom stereocenters. The van der Waals surface area contributed by atoms with Crippen LogP contribution in [0.4, 0.5) is 14.9 Å². The van der Waals surface area contributed by atoms with Gasteiger partial charge in [0.1, 0.15) is 18.2 Å². The Bertz CT molecular complexity index is 1290. The molecule has 4 heterocycles. The van der Waals surface area contributed by atoms with E-state index in [9.17, 15) is 14.4 Å². The molecule has 35 heavy (non-hydrogen) atoms.